The first-order valence-electron chi connectivity index (χ1n) is 6.82. The number of piperidine rings is 1. The van der Waals surface area contributed by atoms with Gasteiger partial charge in [0.05, 0.1) is 6.54 Å². The van der Waals surface area contributed by atoms with Crippen LogP contribution in [0.15, 0.2) is 0 Å². The Bertz CT molecular complexity index is 251. The molecule has 0 saturated carbocycles. The Morgan fingerprint density at radius 1 is 1.28 bits per heavy atom. The van der Waals surface area contributed by atoms with E-state index in [1.165, 1.54) is 25.9 Å². The largest absolute Gasteiger partial charge is 0.343 e. The SMILES string of the molecule is CNCC(=O)N(C)CCN(C)C1CCN(C)CC1. The van der Waals surface area contributed by atoms with Crippen molar-refractivity contribution in [3.05, 3.63) is 0 Å². The summed E-state index contributed by atoms with van der Waals surface area (Å²) in [7, 11) is 8.03. The number of rotatable bonds is 6. The Balaban J connectivity index is 2.23. The van der Waals surface area contributed by atoms with Crippen molar-refractivity contribution in [2.24, 2.45) is 0 Å². The molecule has 1 amide bonds. The van der Waals surface area contributed by atoms with Crippen molar-refractivity contribution in [1.82, 2.24) is 20.0 Å². The van der Waals surface area contributed by atoms with Crippen LogP contribution in [0.2, 0.25) is 0 Å². The van der Waals surface area contributed by atoms with E-state index < -0.39 is 0 Å². The number of likely N-dealkylation sites (tertiary alicyclic amines) is 1. The minimum atomic E-state index is 0.161. The van der Waals surface area contributed by atoms with Crippen LogP contribution in [0.5, 0.6) is 0 Å². The van der Waals surface area contributed by atoms with Gasteiger partial charge >= 0.3 is 0 Å². The fourth-order valence-electron chi connectivity index (χ4n) is 2.34. The molecule has 1 rings (SSSR count). The van der Waals surface area contributed by atoms with Gasteiger partial charge in [-0.1, -0.05) is 0 Å². The molecule has 106 valence electrons. The van der Waals surface area contributed by atoms with Gasteiger partial charge in [0, 0.05) is 26.2 Å². The first-order valence-corrected chi connectivity index (χ1v) is 6.82. The van der Waals surface area contributed by atoms with Crippen LogP contribution in [0.1, 0.15) is 12.8 Å². The lowest BCUT2D eigenvalue weighted by atomic mass is 10.0. The van der Waals surface area contributed by atoms with Crippen LogP contribution in [0.3, 0.4) is 0 Å². The van der Waals surface area contributed by atoms with Gasteiger partial charge in [-0.3, -0.25) is 4.79 Å². The summed E-state index contributed by atoms with van der Waals surface area (Å²) < 4.78 is 0. The molecule has 0 bridgehead atoms. The zero-order chi connectivity index (χ0) is 13.5. The normalized spacial score (nSPS) is 18.3. The average Bonchev–Trinajstić information content (AvgIpc) is 2.36. The third-order valence-corrected chi connectivity index (χ3v) is 3.85. The van der Waals surface area contributed by atoms with Crippen LogP contribution in [-0.2, 0) is 4.79 Å². The van der Waals surface area contributed by atoms with Crippen molar-refractivity contribution < 1.29 is 4.79 Å². The standard InChI is InChI=1S/C13H28N4O/c1-14-11-13(18)17(4)10-9-16(3)12-5-7-15(2)8-6-12/h12,14H,5-11H2,1-4H3. The maximum absolute atomic E-state index is 11.6. The number of carbonyl (C=O) groups is 1. The van der Waals surface area contributed by atoms with Crippen molar-refractivity contribution in [2.45, 2.75) is 18.9 Å². The van der Waals surface area contributed by atoms with E-state index >= 15 is 0 Å². The number of hydrogen-bond donors (Lipinski definition) is 1. The van der Waals surface area contributed by atoms with Crippen LogP contribution in [-0.4, -0.2) is 87.6 Å². The molecule has 1 heterocycles. The topological polar surface area (TPSA) is 38.8 Å². The third kappa shape index (κ3) is 4.92. The van der Waals surface area contributed by atoms with Gasteiger partial charge in [0.2, 0.25) is 5.91 Å². The molecule has 0 aliphatic carbocycles. The van der Waals surface area contributed by atoms with Crippen LogP contribution in [0.4, 0.5) is 0 Å². The Morgan fingerprint density at radius 2 is 1.89 bits per heavy atom. The van der Waals surface area contributed by atoms with Gasteiger partial charge in [-0.2, -0.15) is 0 Å². The highest BCUT2D eigenvalue weighted by Gasteiger charge is 2.20. The molecule has 1 aliphatic rings. The van der Waals surface area contributed by atoms with E-state index in [1.807, 2.05) is 11.9 Å². The molecule has 5 heteroatoms. The summed E-state index contributed by atoms with van der Waals surface area (Å²) in [6, 6.07) is 0.675. The summed E-state index contributed by atoms with van der Waals surface area (Å²) in [5.41, 5.74) is 0. The second-order valence-corrected chi connectivity index (χ2v) is 5.36. The smallest absolute Gasteiger partial charge is 0.236 e. The van der Waals surface area contributed by atoms with E-state index in [1.54, 1.807) is 7.05 Å². The molecule has 0 atom stereocenters. The maximum Gasteiger partial charge on any atom is 0.236 e. The zero-order valence-corrected chi connectivity index (χ0v) is 12.3. The Labute approximate surface area is 111 Å². The Kier molecular flexibility index (Phi) is 6.60. The number of amides is 1. The predicted octanol–water partition coefficient (Wildman–Crippen LogP) is -0.310. The van der Waals surface area contributed by atoms with Crippen LogP contribution in [0, 0.1) is 0 Å². The summed E-state index contributed by atoms with van der Waals surface area (Å²) in [5.74, 6) is 0.161. The Hall–Kier alpha value is -0.650. The van der Waals surface area contributed by atoms with Gasteiger partial charge in [0.25, 0.3) is 0 Å². The number of likely N-dealkylation sites (N-methyl/N-ethyl adjacent to an activating group) is 3. The van der Waals surface area contributed by atoms with Gasteiger partial charge in [0.15, 0.2) is 0 Å². The summed E-state index contributed by atoms with van der Waals surface area (Å²) in [5, 5.41) is 2.89. The molecule has 0 unspecified atom stereocenters. The van der Waals surface area contributed by atoms with Gasteiger partial charge in [-0.05, 0) is 47.1 Å². The molecular weight excluding hydrogens is 228 g/mol. The van der Waals surface area contributed by atoms with Crippen molar-refractivity contribution in [1.29, 1.82) is 0 Å². The first kappa shape index (κ1) is 15.4. The minimum absolute atomic E-state index is 0.161. The molecule has 0 aromatic carbocycles. The monoisotopic (exact) mass is 256 g/mol. The fraction of sp³-hybridized carbons (Fsp3) is 0.923. The van der Waals surface area contributed by atoms with Crippen LogP contribution < -0.4 is 5.32 Å². The van der Waals surface area contributed by atoms with E-state index in [-0.39, 0.29) is 5.91 Å². The molecule has 1 aliphatic heterocycles. The summed E-state index contributed by atoms with van der Waals surface area (Å²) >= 11 is 0. The second-order valence-electron chi connectivity index (χ2n) is 5.36. The first-order chi connectivity index (χ1) is 8.54. The Morgan fingerprint density at radius 3 is 2.44 bits per heavy atom. The highest BCUT2D eigenvalue weighted by molar-refractivity contribution is 5.77. The quantitative estimate of drug-likeness (QED) is 0.708. The molecular formula is C13H28N4O. The van der Waals surface area contributed by atoms with E-state index in [0.717, 1.165) is 13.1 Å². The molecule has 5 nitrogen and oxygen atoms in total. The summed E-state index contributed by atoms with van der Waals surface area (Å²) in [4.78, 5) is 18.2. The summed E-state index contributed by atoms with van der Waals surface area (Å²) in [6.07, 6.45) is 2.47. The molecule has 0 aromatic heterocycles. The average molecular weight is 256 g/mol. The van der Waals surface area contributed by atoms with Crippen molar-refractivity contribution in [3.63, 3.8) is 0 Å². The number of hydrogen-bond acceptors (Lipinski definition) is 4. The summed E-state index contributed by atoms with van der Waals surface area (Å²) in [6.45, 7) is 4.56. The lowest BCUT2D eigenvalue weighted by molar-refractivity contribution is -0.129. The van der Waals surface area contributed by atoms with E-state index in [4.69, 9.17) is 0 Å². The fourth-order valence-corrected chi connectivity index (χ4v) is 2.34. The highest BCUT2D eigenvalue weighted by Crippen LogP contribution is 2.13. The molecule has 1 N–H and O–H groups in total. The molecule has 1 saturated heterocycles. The van der Waals surface area contributed by atoms with Crippen LogP contribution >= 0.6 is 0 Å². The van der Waals surface area contributed by atoms with Crippen molar-refractivity contribution >= 4 is 5.91 Å². The molecule has 0 radical (unpaired) electrons. The molecule has 18 heavy (non-hydrogen) atoms. The molecule has 1 fully saturated rings. The third-order valence-electron chi connectivity index (χ3n) is 3.85. The second kappa shape index (κ2) is 7.71. The van der Waals surface area contributed by atoms with E-state index in [9.17, 15) is 4.79 Å². The van der Waals surface area contributed by atoms with E-state index in [2.05, 4.69) is 29.2 Å². The van der Waals surface area contributed by atoms with Gasteiger partial charge in [-0.25, -0.2) is 0 Å². The van der Waals surface area contributed by atoms with Gasteiger partial charge in [0.1, 0.15) is 0 Å². The lowest BCUT2D eigenvalue weighted by Gasteiger charge is -2.35. The lowest BCUT2D eigenvalue weighted by Crippen LogP contribution is -2.45. The maximum atomic E-state index is 11.6. The zero-order valence-electron chi connectivity index (χ0n) is 12.3. The van der Waals surface area contributed by atoms with Crippen LogP contribution in [0.25, 0.3) is 0 Å². The molecule has 0 spiro atoms. The predicted molar refractivity (Wildman–Crippen MR) is 74.7 cm³/mol. The number of nitrogens with one attached hydrogen (secondary N) is 1. The number of carbonyl (C=O) groups excluding carboxylic acids is 1. The van der Waals surface area contributed by atoms with Crippen molar-refractivity contribution in [2.75, 3.05) is 60.9 Å². The van der Waals surface area contributed by atoms with E-state index in [0.29, 0.717) is 12.6 Å². The molecule has 0 aromatic rings. The number of nitrogens with zero attached hydrogens (tertiary/aromatic N) is 3. The minimum Gasteiger partial charge on any atom is -0.343 e. The van der Waals surface area contributed by atoms with Gasteiger partial charge < -0.3 is 20.0 Å². The highest BCUT2D eigenvalue weighted by atomic mass is 16.2. The van der Waals surface area contributed by atoms with Crippen molar-refractivity contribution in [3.8, 4) is 0 Å². The van der Waals surface area contributed by atoms with Gasteiger partial charge in [-0.15, -0.1) is 0 Å².